The Kier molecular flexibility index (Phi) is 5.73. The van der Waals surface area contributed by atoms with Gasteiger partial charge in [0.25, 0.3) is 0 Å². The molecule has 2 atom stereocenters. The summed E-state index contributed by atoms with van der Waals surface area (Å²) in [6.07, 6.45) is 4.06. The molecule has 1 aliphatic rings. The smallest absolute Gasteiger partial charge is 0.232 e. The van der Waals surface area contributed by atoms with Gasteiger partial charge in [-0.05, 0) is 37.8 Å². The molecule has 0 saturated carbocycles. The second-order valence-corrected chi connectivity index (χ2v) is 5.69. The molecular formula is C15H22N2OS. The Morgan fingerprint density at radius 1 is 1.42 bits per heavy atom. The molecule has 1 aliphatic heterocycles. The van der Waals surface area contributed by atoms with Crippen LogP contribution in [0.2, 0.25) is 0 Å². The van der Waals surface area contributed by atoms with Crippen molar-refractivity contribution in [2.75, 3.05) is 13.1 Å². The number of benzene rings is 1. The molecule has 1 saturated heterocycles. The third kappa shape index (κ3) is 4.88. The van der Waals surface area contributed by atoms with Crippen molar-refractivity contribution in [2.24, 2.45) is 0 Å². The molecular weight excluding hydrogens is 256 g/mol. The first-order valence-corrected chi connectivity index (χ1v) is 7.50. The number of hydrogen-bond acceptors (Lipinski definition) is 3. The van der Waals surface area contributed by atoms with Crippen molar-refractivity contribution in [3.05, 3.63) is 35.9 Å². The van der Waals surface area contributed by atoms with Crippen LogP contribution in [0.4, 0.5) is 0 Å². The first-order chi connectivity index (χ1) is 9.25. The number of hydrogen-bond donors (Lipinski definition) is 3. The van der Waals surface area contributed by atoms with Gasteiger partial charge in [-0.2, -0.15) is 12.6 Å². The number of carbonyl (C=O) groups excluding carboxylic acids is 1. The van der Waals surface area contributed by atoms with Crippen LogP contribution in [0.25, 0.3) is 0 Å². The average molecular weight is 278 g/mol. The fraction of sp³-hybridized carbons (Fsp3) is 0.533. The van der Waals surface area contributed by atoms with E-state index in [0.29, 0.717) is 12.6 Å². The highest BCUT2D eigenvalue weighted by Gasteiger charge is 2.21. The zero-order valence-electron chi connectivity index (χ0n) is 11.1. The van der Waals surface area contributed by atoms with Crippen molar-refractivity contribution < 1.29 is 4.79 Å². The predicted octanol–water partition coefficient (Wildman–Crippen LogP) is 1.79. The Labute approximate surface area is 120 Å². The van der Waals surface area contributed by atoms with Crippen LogP contribution in [0.1, 0.15) is 24.8 Å². The Bertz CT molecular complexity index is 390. The number of nitrogens with one attached hydrogen (secondary N) is 2. The summed E-state index contributed by atoms with van der Waals surface area (Å²) >= 11 is 4.41. The topological polar surface area (TPSA) is 41.1 Å². The molecule has 2 unspecified atom stereocenters. The van der Waals surface area contributed by atoms with Gasteiger partial charge >= 0.3 is 0 Å². The summed E-state index contributed by atoms with van der Waals surface area (Å²) < 4.78 is 0. The van der Waals surface area contributed by atoms with Gasteiger partial charge in [-0.3, -0.25) is 4.79 Å². The summed E-state index contributed by atoms with van der Waals surface area (Å²) in [5.41, 5.74) is 1.25. The van der Waals surface area contributed by atoms with Gasteiger partial charge < -0.3 is 10.6 Å². The maximum absolute atomic E-state index is 11.9. The molecule has 3 nitrogen and oxygen atoms in total. The van der Waals surface area contributed by atoms with Crippen LogP contribution in [0.3, 0.4) is 0 Å². The molecule has 2 rings (SSSR count). The number of rotatable bonds is 6. The minimum Gasteiger partial charge on any atom is -0.355 e. The molecule has 1 amide bonds. The molecule has 1 aromatic carbocycles. The van der Waals surface area contributed by atoms with Crippen LogP contribution >= 0.6 is 12.6 Å². The van der Waals surface area contributed by atoms with Crippen LogP contribution < -0.4 is 10.6 Å². The summed E-state index contributed by atoms with van der Waals surface area (Å²) in [6, 6.07) is 10.6. The molecule has 0 spiro atoms. The van der Waals surface area contributed by atoms with E-state index in [1.54, 1.807) is 0 Å². The molecule has 0 bridgehead atoms. The van der Waals surface area contributed by atoms with Crippen molar-refractivity contribution in [1.29, 1.82) is 0 Å². The molecule has 19 heavy (non-hydrogen) atoms. The average Bonchev–Trinajstić information content (AvgIpc) is 2.92. The molecule has 1 fully saturated rings. The lowest BCUT2D eigenvalue weighted by Gasteiger charge is -2.16. The molecule has 1 heterocycles. The van der Waals surface area contributed by atoms with Crippen LogP contribution in [0, 0.1) is 0 Å². The third-order valence-electron chi connectivity index (χ3n) is 3.53. The Hall–Kier alpha value is -1.00. The van der Waals surface area contributed by atoms with E-state index in [1.807, 2.05) is 18.2 Å². The minimum absolute atomic E-state index is 0.0490. The monoisotopic (exact) mass is 278 g/mol. The summed E-state index contributed by atoms with van der Waals surface area (Å²) in [5, 5.41) is 6.15. The van der Waals surface area contributed by atoms with Crippen LogP contribution in [0.15, 0.2) is 30.3 Å². The van der Waals surface area contributed by atoms with Gasteiger partial charge in [0, 0.05) is 12.6 Å². The van der Waals surface area contributed by atoms with E-state index in [2.05, 4.69) is 35.4 Å². The maximum atomic E-state index is 11.9. The zero-order chi connectivity index (χ0) is 13.5. The van der Waals surface area contributed by atoms with Crippen LogP contribution in [0.5, 0.6) is 0 Å². The number of amides is 1. The van der Waals surface area contributed by atoms with Gasteiger partial charge in [0.05, 0.1) is 5.25 Å². The lowest BCUT2D eigenvalue weighted by molar-refractivity contribution is -0.120. The first kappa shape index (κ1) is 14.4. The van der Waals surface area contributed by atoms with Gasteiger partial charge in [0.1, 0.15) is 0 Å². The first-order valence-electron chi connectivity index (χ1n) is 6.99. The van der Waals surface area contributed by atoms with Gasteiger partial charge in [-0.15, -0.1) is 0 Å². The summed E-state index contributed by atoms with van der Waals surface area (Å²) in [7, 11) is 0. The van der Waals surface area contributed by atoms with E-state index < -0.39 is 0 Å². The Balaban J connectivity index is 1.66. The van der Waals surface area contributed by atoms with Crippen LogP contribution in [-0.4, -0.2) is 30.3 Å². The van der Waals surface area contributed by atoms with E-state index >= 15 is 0 Å². The molecule has 0 aliphatic carbocycles. The van der Waals surface area contributed by atoms with Crippen molar-refractivity contribution in [1.82, 2.24) is 10.6 Å². The fourth-order valence-electron chi connectivity index (χ4n) is 2.43. The summed E-state index contributed by atoms with van der Waals surface area (Å²) in [5.74, 6) is 0.0490. The molecule has 104 valence electrons. The maximum Gasteiger partial charge on any atom is 0.232 e. The van der Waals surface area contributed by atoms with E-state index in [9.17, 15) is 4.79 Å². The van der Waals surface area contributed by atoms with Crippen molar-refractivity contribution in [3.63, 3.8) is 0 Å². The lowest BCUT2D eigenvalue weighted by atomic mass is 10.1. The molecule has 0 aromatic heterocycles. The molecule has 1 aromatic rings. The van der Waals surface area contributed by atoms with Gasteiger partial charge in [0.2, 0.25) is 5.91 Å². The van der Waals surface area contributed by atoms with Gasteiger partial charge in [-0.1, -0.05) is 30.3 Å². The Morgan fingerprint density at radius 3 is 2.89 bits per heavy atom. The summed E-state index contributed by atoms with van der Waals surface area (Å²) in [6.45, 7) is 1.75. The highest BCUT2D eigenvalue weighted by atomic mass is 32.1. The van der Waals surface area contributed by atoms with Gasteiger partial charge in [-0.25, -0.2) is 0 Å². The third-order valence-corrected chi connectivity index (χ3v) is 3.97. The number of carbonyl (C=O) groups is 1. The highest BCUT2D eigenvalue weighted by molar-refractivity contribution is 7.81. The molecule has 0 radical (unpaired) electrons. The van der Waals surface area contributed by atoms with E-state index in [0.717, 1.165) is 25.8 Å². The van der Waals surface area contributed by atoms with Crippen LogP contribution in [-0.2, 0) is 11.2 Å². The largest absolute Gasteiger partial charge is 0.355 e. The normalized spacial score (nSPS) is 20.2. The molecule has 4 heteroatoms. The standard InChI is InChI=1S/C15H22N2OS/c18-15(14(19)11-13-7-4-9-16-13)17-10-8-12-5-2-1-3-6-12/h1-3,5-6,13-14,16,19H,4,7-11H2,(H,17,18). The SMILES string of the molecule is O=C(NCCc1ccccc1)C(S)CC1CCCN1. The number of thiol groups is 1. The minimum atomic E-state index is -0.202. The molecule has 2 N–H and O–H groups in total. The van der Waals surface area contributed by atoms with Gasteiger partial charge in [0.15, 0.2) is 0 Å². The van der Waals surface area contributed by atoms with Crippen molar-refractivity contribution in [2.45, 2.75) is 37.0 Å². The second kappa shape index (κ2) is 7.56. The zero-order valence-corrected chi connectivity index (χ0v) is 12.0. The van der Waals surface area contributed by atoms with E-state index in [1.165, 1.54) is 12.0 Å². The predicted molar refractivity (Wildman–Crippen MR) is 81.6 cm³/mol. The van der Waals surface area contributed by atoms with E-state index in [-0.39, 0.29) is 11.2 Å². The lowest BCUT2D eigenvalue weighted by Crippen LogP contribution is -2.36. The van der Waals surface area contributed by atoms with Crippen molar-refractivity contribution in [3.8, 4) is 0 Å². The Morgan fingerprint density at radius 2 is 2.21 bits per heavy atom. The quantitative estimate of drug-likeness (QED) is 0.694. The highest BCUT2D eigenvalue weighted by Crippen LogP contribution is 2.14. The second-order valence-electron chi connectivity index (χ2n) is 5.07. The van der Waals surface area contributed by atoms with E-state index in [4.69, 9.17) is 0 Å². The summed E-state index contributed by atoms with van der Waals surface area (Å²) in [4.78, 5) is 11.9. The fourth-order valence-corrected chi connectivity index (χ4v) is 2.77. The van der Waals surface area contributed by atoms with Crippen molar-refractivity contribution >= 4 is 18.5 Å².